The summed E-state index contributed by atoms with van der Waals surface area (Å²) >= 11 is 1.32. The van der Waals surface area contributed by atoms with E-state index >= 15 is 0 Å². The van der Waals surface area contributed by atoms with Crippen molar-refractivity contribution in [2.45, 2.75) is 134 Å². The van der Waals surface area contributed by atoms with Crippen molar-refractivity contribution < 1.29 is 19.1 Å². The quantitative estimate of drug-likeness (QED) is 0.0497. The highest BCUT2D eigenvalue weighted by molar-refractivity contribution is 7.94. The Kier molecular flexibility index (Phi) is 11.2. The number of hydrogen-bond acceptors (Lipinski definition) is 4. The van der Waals surface area contributed by atoms with Crippen LogP contribution in [0.5, 0.6) is 0 Å². The number of benzene rings is 4. The normalized spacial score (nSPS) is 16.3. The Labute approximate surface area is 306 Å². The number of aryl methyl sites for hydroxylation is 2. The molecule has 3 N–H and O–H groups in total. The Morgan fingerprint density at radius 3 is 1.86 bits per heavy atom. The van der Waals surface area contributed by atoms with Gasteiger partial charge in [0.2, 0.25) is 0 Å². The van der Waals surface area contributed by atoms with Crippen molar-refractivity contribution in [1.29, 1.82) is 0 Å². The van der Waals surface area contributed by atoms with E-state index in [2.05, 4.69) is 98.8 Å². The third-order valence-electron chi connectivity index (χ3n) is 11.2. The van der Waals surface area contributed by atoms with E-state index in [0.29, 0.717) is 0 Å². The molecule has 0 saturated carbocycles. The first-order valence-electron chi connectivity index (χ1n) is 18.2. The molecule has 5 rings (SSSR count). The van der Waals surface area contributed by atoms with Crippen LogP contribution in [0.2, 0.25) is 0 Å². The maximum absolute atomic E-state index is 10.8. The van der Waals surface area contributed by atoms with Gasteiger partial charge in [-0.1, -0.05) is 105 Å². The Morgan fingerprint density at radius 1 is 0.700 bits per heavy atom. The average molecular weight is 693 g/mol. The van der Waals surface area contributed by atoms with Crippen molar-refractivity contribution in [3.63, 3.8) is 0 Å². The van der Waals surface area contributed by atoms with Crippen LogP contribution < -0.4 is 5.46 Å². The predicted octanol–water partition coefficient (Wildman–Crippen LogP) is 9.38. The SMILES string of the molecule is CCCCCCc1ccc([C@@]2(c3ccc(C)cc3)c3cc([B][OH+]C(C)(C)C(C)(C)O)ccc3-c3ccc(SOC(C)(C)C(C)(C)O)cc32)cc1. The average Bonchev–Trinajstić information content (AvgIpc) is 3.34. The fourth-order valence-electron chi connectivity index (χ4n) is 6.37. The minimum absolute atomic E-state index is 0.600. The number of rotatable bonds is 15. The zero-order valence-corrected chi connectivity index (χ0v) is 32.7. The lowest BCUT2D eigenvalue weighted by Crippen LogP contribution is -2.51. The van der Waals surface area contributed by atoms with Crippen LogP contribution in [0.15, 0.2) is 89.8 Å². The smallest absolute Gasteiger partial charge is 0.530 e. The Bertz CT molecular complexity index is 1680. The first kappa shape index (κ1) is 38.4. The molecule has 1 aliphatic carbocycles. The molecule has 0 saturated heterocycles. The Hall–Kier alpha value is -2.87. The molecule has 1 atom stereocenters. The van der Waals surface area contributed by atoms with Gasteiger partial charge in [0, 0.05) is 36.2 Å². The second-order valence-corrected chi connectivity index (χ2v) is 17.1. The van der Waals surface area contributed by atoms with Gasteiger partial charge in [-0.15, -0.1) is 0 Å². The van der Waals surface area contributed by atoms with Crippen LogP contribution in [-0.4, -0.2) is 44.8 Å². The second kappa shape index (κ2) is 14.6. The molecule has 265 valence electrons. The molecule has 0 bridgehead atoms. The summed E-state index contributed by atoms with van der Waals surface area (Å²) in [5, 5.41) is 21.6. The van der Waals surface area contributed by atoms with Gasteiger partial charge in [0.25, 0.3) is 0 Å². The van der Waals surface area contributed by atoms with E-state index < -0.39 is 27.8 Å². The molecular weight excluding hydrogens is 635 g/mol. The summed E-state index contributed by atoms with van der Waals surface area (Å²) in [6, 6.07) is 31.6. The summed E-state index contributed by atoms with van der Waals surface area (Å²) in [5.41, 5.74) is 6.73. The topological polar surface area (TPSA) is 62.5 Å². The lowest BCUT2D eigenvalue weighted by molar-refractivity contribution is -0.157. The van der Waals surface area contributed by atoms with Crippen molar-refractivity contribution in [3.8, 4) is 11.1 Å². The van der Waals surface area contributed by atoms with Gasteiger partial charge in [0.15, 0.2) is 5.60 Å². The van der Waals surface area contributed by atoms with Gasteiger partial charge in [-0.25, -0.2) is 0 Å². The molecule has 50 heavy (non-hydrogen) atoms. The van der Waals surface area contributed by atoms with Crippen molar-refractivity contribution in [2.75, 3.05) is 0 Å². The Balaban J connectivity index is 1.69. The first-order valence-corrected chi connectivity index (χ1v) is 19.0. The highest BCUT2D eigenvalue weighted by atomic mass is 32.2. The van der Waals surface area contributed by atoms with E-state index in [1.807, 2.05) is 49.0 Å². The molecule has 4 aromatic rings. The molecular formula is C44H57BO4S+. The van der Waals surface area contributed by atoms with E-state index in [1.165, 1.54) is 82.2 Å². The van der Waals surface area contributed by atoms with Crippen LogP contribution in [0, 0.1) is 6.92 Å². The largest absolute Gasteiger partial charge is 0.624 e. The number of aliphatic hydroxyl groups is 3. The zero-order valence-electron chi connectivity index (χ0n) is 31.9. The van der Waals surface area contributed by atoms with Gasteiger partial charge in [0.1, 0.15) is 11.2 Å². The predicted molar refractivity (Wildman–Crippen MR) is 212 cm³/mol. The van der Waals surface area contributed by atoms with Crippen molar-refractivity contribution >= 4 is 25.0 Å². The van der Waals surface area contributed by atoms with Crippen molar-refractivity contribution in [1.82, 2.24) is 0 Å². The fraction of sp³-hybridized carbons (Fsp3) is 0.455. The summed E-state index contributed by atoms with van der Waals surface area (Å²) in [5.74, 6) is 0. The minimum atomic E-state index is -1.02. The second-order valence-electron chi connectivity index (χ2n) is 16.2. The van der Waals surface area contributed by atoms with Crippen molar-refractivity contribution in [2.24, 2.45) is 0 Å². The van der Waals surface area contributed by atoms with E-state index in [-0.39, 0.29) is 0 Å². The van der Waals surface area contributed by atoms with Crippen LogP contribution in [0.3, 0.4) is 0 Å². The third-order valence-corrected chi connectivity index (χ3v) is 12.1. The van der Waals surface area contributed by atoms with E-state index in [9.17, 15) is 10.2 Å². The molecule has 0 aromatic heterocycles. The molecule has 0 amide bonds. The maximum Gasteiger partial charge on any atom is 0.624 e. The van der Waals surface area contributed by atoms with Crippen LogP contribution in [-0.2, 0) is 16.0 Å². The molecule has 1 radical (unpaired) electrons. The monoisotopic (exact) mass is 692 g/mol. The van der Waals surface area contributed by atoms with E-state index in [4.69, 9.17) is 8.84 Å². The molecule has 4 aromatic carbocycles. The van der Waals surface area contributed by atoms with Gasteiger partial charge in [0.05, 0.1) is 11.0 Å². The summed E-state index contributed by atoms with van der Waals surface area (Å²) in [7, 11) is 1.91. The van der Waals surface area contributed by atoms with Crippen LogP contribution >= 0.6 is 12.0 Å². The van der Waals surface area contributed by atoms with Crippen molar-refractivity contribution in [3.05, 3.63) is 118 Å². The van der Waals surface area contributed by atoms with E-state index in [0.717, 1.165) is 16.8 Å². The van der Waals surface area contributed by atoms with Crippen LogP contribution in [0.25, 0.3) is 11.1 Å². The van der Waals surface area contributed by atoms with Gasteiger partial charge < -0.3 is 19.1 Å². The summed E-state index contributed by atoms with van der Waals surface area (Å²) < 4.78 is 11.2. The lowest BCUT2D eigenvalue weighted by Gasteiger charge is -2.36. The highest BCUT2D eigenvalue weighted by Crippen LogP contribution is 2.56. The molecule has 0 heterocycles. The molecule has 0 unspecified atom stereocenters. The lowest BCUT2D eigenvalue weighted by atomic mass is 9.66. The highest BCUT2D eigenvalue weighted by Gasteiger charge is 2.47. The molecule has 0 fully saturated rings. The van der Waals surface area contributed by atoms with Crippen LogP contribution in [0.1, 0.15) is 121 Å². The molecule has 0 spiro atoms. The number of unbranched alkanes of at least 4 members (excludes halogenated alkanes) is 3. The van der Waals surface area contributed by atoms with Gasteiger partial charge in [-0.2, -0.15) is 0 Å². The van der Waals surface area contributed by atoms with Gasteiger partial charge >= 0.3 is 7.48 Å². The summed E-state index contributed by atoms with van der Waals surface area (Å²) in [6.07, 6.45) is 6.05. The standard InChI is InChI=1S/C44H57BO4S/c1-11-12-13-14-15-31-18-22-33(23-19-31)44(32-20-16-30(2)17-21-32)38-28-34(45-48-42(7,8)40(3,4)46)24-26-36(38)37-27-25-35(29-39(37)44)50-49-43(9,10)41(5,6)47/h16-29,46-48H,11-15H2,1-10H3/q+1/t44-/m0/s1. The Morgan fingerprint density at radius 2 is 1.28 bits per heavy atom. The van der Waals surface area contributed by atoms with Crippen LogP contribution in [0.4, 0.5) is 0 Å². The summed E-state index contributed by atoms with van der Waals surface area (Å²) in [4.78, 5) is 0.978. The number of hydrogen-bond donors (Lipinski definition) is 2. The van der Waals surface area contributed by atoms with E-state index in [1.54, 1.807) is 13.8 Å². The van der Waals surface area contributed by atoms with Gasteiger partial charge in [-0.05, 0) is 112 Å². The number of fused-ring (bicyclic) bond motifs is 3. The molecule has 6 heteroatoms. The zero-order chi connectivity index (χ0) is 36.5. The molecule has 1 aliphatic rings. The fourth-order valence-corrected chi connectivity index (χ4v) is 7.17. The minimum Gasteiger partial charge on any atom is -0.530 e. The maximum atomic E-state index is 10.8. The molecule has 0 aliphatic heterocycles. The third kappa shape index (κ3) is 7.66. The van der Waals surface area contributed by atoms with Gasteiger partial charge in [-0.3, -0.25) is 0 Å². The molecule has 4 nitrogen and oxygen atoms in total. The summed E-state index contributed by atoms with van der Waals surface area (Å²) in [6.45, 7) is 19.4. The first-order chi connectivity index (χ1) is 23.4.